The Morgan fingerprint density at radius 2 is 1.93 bits per heavy atom. The zero-order valence-electron chi connectivity index (χ0n) is 16.2. The molecule has 1 aromatic heterocycles. The van der Waals surface area contributed by atoms with Gasteiger partial charge >= 0.3 is 51.4 Å². The van der Waals surface area contributed by atoms with E-state index in [0.717, 1.165) is 21.8 Å². The van der Waals surface area contributed by atoms with Gasteiger partial charge in [0, 0.05) is 23.0 Å². The van der Waals surface area contributed by atoms with Crippen LogP contribution < -0.4 is 56.5 Å². The van der Waals surface area contributed by atoms with Gasteiger partial charge in [0.2, 0.25) is 5.91 Å². The maximum Gasteiger partial charge on any atom is 1.00 e. The van der Waals surface area contributed by atoms with Crippen molar-refractivity contribution in [2.75, 3.05) is 0 Å². The molecular formula is C21H19KN2O4S. The molecule has 1 fully saturated rings. The number of thioether (sulfide) groups is 1. The predicted octanol–water partition coefficient (Wildman–Crippen LogP) is -1.55. The fraction of sp³-hybridized carbons (Fsp3) is 0.286. The first-order valence-corrected chi connectivity index (χ1v) is 10.0. The molecular weight excluding hydrogens is 415 g/mol. The van der Waals surface area contributed by atoms with Gasteiger partial charge in [-0.25, -0.2) is 0 Å². The Kier molecular flexibility index (Phi) is 7.37. The second-order valence-electron chi connectivity index (χ2n) is 7.03. The molecule has 6 nitrogen and oxygen atoms in total. The van der Waals surface area contributed by atoms with Gasteiger partial charge in [-0.15, -0.1) is 11.8 Å². The summed E-state index contributed by atoms with van der Waals surface area (Å²) in [7, 11) is 0. The number of fused-ring (bicyclic) bond motifs is 1. The average Bonchev–Trinajstić information content (AvgIpc) is 3.02. The van der Waals surface area contributed by atoms with Crippen molar-refractivity contribution in [1.82, 2.24) is 9.88 Å². The number of benzene rings is 1. The van der Waals surface area contributed by atoms with Gasteiger partial charge in [-0.1, -0.05) is 24.3 Å². The number of carbonyl (C=O) groups excluding carboxylic acids is 2. The van der Waals surface area contributed by atoms with E-state index in [4.69, 9.17) is 0 Å². The summed E-state index contributed by atoms with van der Waals surface area (Å²) in [5, 5.41) is 21.5. The van der Waals surface area contributed by atoms with E-state index < -0.39 is 18.0 Å². The number of aliphatic hydroxyl groups excluding tert-OH is 1. The predicted molar refractivity (Wildman–Crippen MR) is 103 cm³/mol. The molecule has 0 bridgehead atoms. The summed E-state index contributed by atoms with van der Waals surface area (Å²) in [5.41, 5.74) is 2.41. The van der Waals surface area contributed by atoms with Crippen LogP contribution in [0.25, 0.3) is 5.57 Å². The molecule has 4 rings (SSSR count). The molecule has 29 heavy (non-hydrogen) atoms. The molecule has 0 unspecified atom stereocenters. The summed E-state index contributed by atoms with van der Waals surface area (Å²) in [6.07, 6.45) is 3.12. The van der Waals surface area contributed by atoms with Gasteiger partial charge in [0.15, 0.2) is 0 Å². The van der Waals surface area contributed by atoms with Crippen LogP contribution in [0.3, 0.4) is 0 Å². The fourth-order valence-electron chi connectivity index (χ4n) is 3.92. The van der Waals surface area contributed by atoms with Gasteiger partial charge in [-0.05, 0) is 42.2 Å². The van der Waals surface area contributed by atoms with Gasteiger partial charge in [-0.2, -0.15) is 0 Å². The Morgan fingerprint density at radius 1 is 1.28 bits per heavy atom. The molecule has 3 heterocycles. The van der Waals surface area contributed by atoms with Crippen LogP contribution in [0.5, 0.6) is 0 Å². The van der Waals surface area contributed by atoms with E-state index in [1.807, 2.05) is 36.4 Å². The number of rotatable bonds is 6. The summed E-state index contributed by atoms with van der Waals surface area (Å²) in [5.74, 6) is -1.47. The normalized spacial score (nSPS) is 21.3. The smallest absolute Gasteiger partial charge is 0.543 e. The number of β-lactam (4-membered cyclic amide) rings is 1. The summed E-state index contributed by atoms with van der Waals surface area (Å²) in [6.45, 7) is 1.56. The maximum absolute atomic E-state index is 12.3. The molecule has 3 atom stereocenters. The van der Waals surface area contributed by atoms with Crippen molar-refractivity contribution in [1.29, 1.82) is 0 Å². The maximum atomic E-state index is 12.3. The van der Waals surface area contributed by atoms with Gasteiger partial charge < -0.3 is 19.9 Å². The third kappa shape index (κ3) is 4.39. The van der Waals surface area contributed by atoms with E-state index >= 15 is 0 Å². The molecule has 1 amide bonds. The zero-order chi connectivity index (χ0) is 19.8. The van der Waals surface area contributed by atoms with E-state index in [-0.39, 0.29) is 69.0 Å². The van der Waals surface area contributed by atoms with Crippen molar-refractivity contribution in [3.05, 3.63) is 65.6 Å². The first-order valence-electron chi connectivity index (χ1n) is 9.05. The van der Waals surface area contributed by atoms with Crippen LogP contribution in [0, 0.1) is 5.92 Å². The van der Waals surface area contributed by atoms with Gasteiger partial charge in [0.25, 0.3) is 0 Å². The van der Waals surface area contributed by atoms with E-state index in [1.165, 1.54) is 4.90 Å². The number of aromatic nitrogens is 1. The largest absolute Gasteiger partial charge is 1.00 e. The van der Waals surface area contributed by atoms with Crippen LogP contribution in [-0.4, -0.2) is 39.0 Å². The monoisotopic (exact) mass is 434 g/mol. The van der Waals surface area contributed by atoms with Crippen LogP contribution in [0.4, 0.5) is 0 Å². The summed E-state index contributed by atoms with van der Waals surface area (Å²) >= 11 is 1.69. The topological polar surface area (TPSA) is 93.6 Å². The number of hydrogen-bond acceptors (Lipinski definition) is 6. The summed E-state index contributed by atoms with van der Waals surface area (Å²) in [6, 6.07) is 11.3. The van der Waals surface area contributed by atoms with Crippen molar-refractivity contribution >= 4 is 29.2 Å². The third-order valence-electron chi connectivity index (χ3n) is 5.28. The molecule has 1 aromatic carbocycles. The Bertz CT molecular complexity index is 947. The molecule has 1 saturated heterocycles. The summed E-state index contributed by atoms with van der Waals surface area (Å²) in [4.78, 5) is 30.4. The zero-order valence-corrected chi connectivity index (χ0v) is 20.2. The molecule has 144 valence electrons. The van der Waals surface area contributed by atoms with Crippen LogP contribution >= 0.6 is 11.8 Å². The van der Waals surface area contributed by atoms with E-state index in [0.29, 0.717) is 12.0 Å². The van der Waals surface area contributed by atoms with Crippen molar-refractivity contribution in [2.24, 2.45) is 5.92 Å². The van der Waals surface area contributed by atoms with E-state index in [9.17, 15) is 19.8 Å². The number of aliphatic carboxylic acids is 1. The third-order valence-corrected chi connectivity index (χ3v) is 6.36. The molecule has 2 aliphatic rings. The Morgan fingerprint density at radius 3 is 2.52 bits per heavy atom. The summed E-state index contributed by atoms with van der Waals surface area (Å²) < 4.78 is 0. The Hall–Kier alpha value is -1.00. The number of nitrogens with zero attached hydrogens (tertiary/aromatic N) is 2. The number of carbonyl (C=O) groups is 2. The minimum atomic E-state index is -1.35. The van der Waals surface area contributed by atoms with Gasteiger partial charge in [0.1, 0.15) is 0 Å². The van der Waals surface area contributed by atoms with Gasteiger partial charge in [0.05, 0.1) is 29.7 Å². The SMILES string of the molecule is C[C@@H](O)[C@H]1C(=O)N2C(C(=O)[O-])=C(c3ccc(CSc4ccncc4)cc3)C[C@H]12.[K+]. The standard InChI is InChI=1S/C21H20N2O4S.K/c1-12(24)18-17-10-16(19(21(26)27)23(17)20(18)25)14-4-2-13(3-5-14)11-28-15-6-8-22-9-7-15;/h2-9,12,17-18,24H,10-11H2,1H3,(H,26,27);/q;+1/p-1/t12-,17-,18-;/m1./s1. The Labute approximate surface area is 215 Å². The van der Waals surface area contributed by atoms with Crippen molar-refractivity contribution in [3.8, 4) is 0 Å². The molecule has 2 aliphatic heterocycles. The second-order valence-corrected chi connectivity index (χ2v) is 8.08. The first-order chi connectivity index (χ1) is 13.5. The fourth-order valence-corrected chi connectivity index (χ4v) is 4.76. The Balaban J connectivity index is 0.00000240. The molecule has 8 heteroatoms. The number of hydrogen-bond donors (Lipinski definition) is 1. The molecule has 0 saturated carbocycles. The number of amides is 1. The number of pyridine rings is 1. The molecule has 1 N–H and O–H groups in total. The number of carboxylic acids is 1. The minimum Gasteiger partial charge on any atom is -0.543 e. The van der Waals surface area contributed by atoms with E-state index in [2.05, 4.69) is 4.98 Å². The second kappa shape index (κ2) is 9.43. The van der Waals surface area contributed by atoms with Gasteiger partial charge in [-0.3, -0.25) is 9.78 Å². The van der Waals surface area contributed by atoms with Crippen molar-refractivity contribution in [3.63, 3.8) is 0 Å². The molecule has 0 radical (unpaired) electrons. The van der Waals surface area contributed by atoms with Crippen LogP contribution in [0.15, 0.2) is 59.4 Å². The molecule has 2 aromatic rings. The molecule has 0 spiro atoms. The van der Waals surface area contributed by atoms with Crippen LogP contribution in [0.2, 0.25) is 0 Å². The quantitative estimate of drug-likeness (QED) is 0.336. The van der Waals surface area contributed by atoms with Crippen LogP contribution in [-0.2, 0) is 15.3 Å². The van der Waals surface area contributed by atoms with Crippen LogP contribution in [0.1, 0.15) is 24.5 Å². The average molecular weight is 435 g/mol. The first kappa shape index (κ1) is 22.7. The number of aliphatic hydroxyl groups is 1. The minimum absolute atomic E-state index is 0. The van der Waals surface area contributed by atoms with E-state index in [1.54, 1.807) is 31.1 Å². The number of carboxylic acid groups (broad SMARTS) is 1. The molecule has 0 aliphatic carbocycles. The van der Waals surface area contributed by atoms with Crippen molar-refractivity contribution < 1.29 is 71.2 Å². The van der Waals surface area contributed by atoms with Crippen molar-refractivity contribution in [2.45, 2.75) is 36.1 Å².